The molecule has 124 valence electrons. The summed E-state index contributed by atoms with van der Waals surface area (Å²) in [6, 6.07) is 8.52. The second kappa shape index (κ2) is 6.71. The number of para-hydroxylation sites is 2. The number of amides is 1. The SMILES string of the molecule is CNC(=O)C1CCCCC1NC(C)c1nc2ccccc2n1C. The van der Waals surface area contributed by atoms with Crippen LogP contribution in [0.1, 0.15) is 44.5 Å². The van der Waals surface area contributed by atoms with Crippen LogP contribution in [-0.2, 0) is 11.8 Å². The molecule has 0 spiro atoms. The lowest BCUT2D eigenvalue weighted by Gasteiger charge is -2.33. The second-order valence-corrected chi connectivity index (χ2v) is 6.52. The van der Waals surface area contributed by atoms with Gasteiger partial charge < -0.3 is 15.2 Å². The Hall–Kier alpha value is -1.88. The number of aryl methyl sites for hydroxylation is 1. The fourth-order valence-corrected chi connectivity index (χ4v) is 3.78. The van der Waals surface area contributed by atoms with Crippen molar-refractivity contribution in [2.24, 2.45) is 13.0 Å². The summed E-state index contributed by atoms with van der Waals surface area (Å²) in [5.41, 5.74) is 2.16. The lowest BCUT2D eigenvalue weighted by molar-refractivity contribution is -0.126. The van der Waals surface area contributed by atoms with Crippen LogP contribution in [0.2, 0.25) is 0 Å². The Kier molecular flexibility index (Phi) is 4.66. The van der Waals surface area contributed by atoms with Gasteiger partial charge in [0.2, 0.25) is 5.91 Å². The van der Waals surface area contributed by atoms with E-state index in [0.29, 0.717) is 0 Å². The lowest BCUT2D eigenvalue weighted by Crippen LogP contribution is -2.46. The molecular weight excluding hydrogens is 288 g/mol. The molecule has 1 fully saturated rings. The number of benzene rings is 1. The number of rotatable bonds is 4. The summed E-state index contributed by atoms with van der Waals surface area (Å²) in [6.07, 6.45) is 4.33. The molecule has 5 nitrogen and oxygen atoms in total. The number of carbonyl (C=O) groups excluding carboxylic acids is 1. The Morgan fingerprint density at radius 2 is 2.04 bits per heavy atom. The number of imidazole rings is 1. The summed E-state index contributed by atoms with van der Waals surface area (Å²) in [6.45, 7) is 2.14. The molecule has 0 bridgehead atoms. The van der Waals surface area contributed by atoms with Gasteiger partial charge in [0.25, 0.3) is 0 Å². The van der Waals surface area contributed by atoms with Crippen molar-refractivity contribution in [1.29, 1.82) is 0 Å². The zero-order valence-electron chi connectivity index (χ0n) is 14.2. The first-order valence-electron chi connectivity index (χ1n) is 8.50. The first kappa shape index (κ1) is 16.0. The van der Waals surface area contributed by atoms with Crippen molar-refractivity contribution < 1.29 is 4.79 Å². The van der Waals surface area contributed by atoms with Crippen LogP contribution in [0.3, 0.4) is 0 Å². The number of fused-ring (bicyclic) bond motifs is 1. The van der Waals surface area contributed by atoms with E-state index in [1.54, 1.807) is 7.05 Å². The molecule has 3 rings (SSSR count). The van der Waals surface area contributed by atoms with Crippen molar-refractivity contribution in [2.45, 2.75) is 44.7 Å². The van der Waals surface area contributed by atoms with Gasteiger partial charge in [-0.3, -0.25) is 4.79 Å². The Bertz CT molecular complexity index is 693. The van der Waals surface area contributed by atoms with Crippen LogP contribution >= 0.6 is 0 Å². The molecule has 2 aromatic rings. The van der Waals surface area contributed by atoms with Gasteiger partial charge in [0.1, 0.15) is 5.82 Å². The van der Waals surface area contributed by atoms with Crippen LogP contribution in [0.15, 0.2) is 24.3 Å². The topological polar surface area (TPSA) is 59.0 Å². The van der Waals surface area contributed by atoms with Crippen molar-refractivity contribution in [3.05, 3.63) is 30.1 Å². The number of hydrogen-bond donors (Lipinski definition) is 2. The molecule has 0 radical (unpaired) electrons. The van der Waals surface area contributed by atoms with Gasteiger partial charge in [0.05, 0.1) is 23.0 Å². The first-order valence-corrected chi connectivity index (χ1v) is 8.50. The van der Waals surface area contributed by atoms with Crippen LogP contribution in [0, 0.1) is 5.92 Å². The van der Waals surface area contributed by atoms with Gasteiger partial charge in [-0.2, -0.15) is 0 Å². The predicted molar refractivity (Wildman–Crippen MR) is 92.1 cm³/mol. The zero-order valence-corrected chi connectivity index (χ0v) is 14.2. The molecule has 1 saturated carbocycles. The van der Waals surface area contributed by atoms with Crippen molar-refractivity contribution in [3.8, 4) is 0 Å². The normalized spacial score (nSPS) is 22.9. The van der Waals surface area contributed by atoms with Gasteiger partial charge in [-0.15, -0.1) is 0 Å². The number of hydrogen-bond acceptors (Lipinski definition) is 3. The van der Waals surface area contributed by atoms with Gasteiger partial charge in [-0.05, 0) is 31.9 Å². The molecule has 1 aromatic carbocycles. The minimum absolute atomic E-state index is 0.0610. The minimum Gasteiger partial charge on any atom is -0.359 e. The summed E-state index contributed by atoms with van der Waals surface area (Å²) in [4.78, 5) is 16.9. The Labute approximate surface area is 137 Å². The van der Waals surface area contributed by atoms with Crippen LogP contribution in [-0.4, -0.2) is 28.5 Å². The van der Waals surface area contributed by atoms with Gasteiger partial charge in [0, 0.05) is 20.1 Å². The van der Waals surface area contributed by atoms with Gasteiger partial charge in [-0.1, -0.05) is 25.0 Å². The molecule has 3 unspecified atom stereocenters. The second-order valence-electron chi connectivity index (χ2n) is 6.52. The fraction of sp³-hybridized carbons (Fsp3) is 0.556. The average molecular weight is 314 g/mol. The van der Waals surface area contributed by atoms with E-state index in [2.05, 4.69) is 35.2 Å². The summed E-state index contributed by atoms with van der Waals surface area (Å²) >= 11 is 0. The molecule has 0 aliphatic heterocycles. The number of carbonyl (C=O) groups is 1. The molecule has 1 aliphatic rings. The molecule has 2 N–H and O–H groups in total. The quantitative estimate of drug-likeness (QED) is 0.912. The van der Waals surface area contributed by atoms with E-state index in [1.807, 2.05) is 18.2 Å². The van der Waals surface area contributed by atoms with E-state index >= 15 is 0 Å². The molecule has 1 amide bonds. The Morgan fingerprint density at radius 3 is 2.78 bits per heavy atom. The highest BCUT2D eigenvalue weighted by atomic mass is 16.1. The summed E-state index contributed by atoms with van der Waals surface area (Å²) in [7, 11) is 3.78. The van der Waals surface area contributed by atoms with Gasteiger partial charge in [0.15, 0.2) is 0 Å². The smallest absolute Gasteiger partial charge is 0.224 e. The zero-order chi connectivity index (χ0) is 16.4. The van der Waals surface area contributed by atoms with Crippen molar-refractivity contribution in [3.63, 3.8) is 0 Å². The van der Waals surface area contributed by atoms with E-state index < -0.39 is 0 Å². The number of nitrogens with zero attached hydrogens (tertiary/aromatic N) is 2. The summed E-state index contributed by atoms with van der Waals surface area (Å²) < 4.78 is 2.14. The van der Waals surface area contributed by atoms with E-state index in [9.17, 15) is 4.79 Å². The molecule has 5 heteroatoms. The third-order valence-corrected chi connectivity index (χ3v) is 5.02. The maximum atomic E-state index is 12.1. The molecule has 1 aromatic heterocycles. The number of aromatic nitrogens is 2. The van der Waals surface area contributed by atoms with Crippen LogP contribution in [0.4, 0.5) is 0 Å². The first-order chi connectivity index (χ1) is 11.1. The largest absolute Gasteiger partial charge is 0.359 e. The third kappa shape index (κ3) is 3.11. The third-order valence-electron chi connectivity index (χ3n) is 5.02. The monoisotopic (exact) mass is 314 g/mol. The van der Waals surface area contributed by atoms with Gasteiger partial charge >= 0.3 is 0 Å². The summed E-state index contributed by atoms with van der Waals surface area (Å²) in [5, 5.41) is 6.47. The highest BCUT2D eigenvalue weighted by Gasteiger charge is 2.31. The molecule has 1 heterocycles. The van der Waals surface area contributed by atoms with Crippen LogP contribution in [0.5, 0.6) is 0 Å². The standard InChI is InChI=1S/C18H26N4O/c1-12(17-21-15-10-6-7-11-16(15)22(17)3)20-14-9-5-4-8-13(14)18(23)19-2/h6-7,10-14,20H,4-5,8-9H2,1-3H3,(H,19,23). The van der Waals surface area contributed by atoms with Gasteiger partial charge in [-0.25, -0.2) is 4.98 Å². The number of nitrogens with one attached hydrogen (secondary N) is 2. The maximum absolute atomic E-state index is 12.1. The fourth-order valence-electron chi connectivity index (χ4n) is 3.78. The van der Waals surface area contributed by atoms with Crippen molar-refractivity contribution in [2.75, 3.05) is 7.05 Å². The van der Waals surface area contributed by atoms with E-state index in [-0.39, 0.29) is 23.9 Å². The Morgan fingerprint density at radius 1 is 1.30 bits per heavy atom. The summed E-state index contributed by atoms with van der Waals surface area (Å²) in [5.74, 6) is 1.23. The molecule has 0 saturated heterocycles. The molecule has 1 aliphatic carbocycles. The van der Waals surface area contributed by atoms with Crippen LogP contribution < -0.4 is 10.6 Å². The van der Waals surface area contributed by atoms with Crippen molar-refractivity contribution >= 4 is 16.9 Å². The van der Waals surface area contributed by atoms with Crippen LogP contribution in [0.25, 0.3) is 11.0 Å². The Balaban J connectivity index is 1.80. The van der Waals surface area contributed by atoms with E-state index in [4.69, 9.17) is 4.98 Å². The molecule has 3 atom stereocenters. The highest BCUT2D eigenvalue weighted by Crippen LogP contribution is 2.27. The van der Waals surface area contributed by atoms with Crippen molar-refractivity contribution in [1.82, 2.24) is 20.2 Å². The highest BCUT2D eigenvalue weighted by molar-refractivity contribution is 5.79. The van der Waals surface area contributed by atoms with E-state index in [0.717, 1.165) is 36.1 Å². The predicted octanol–water partition coefficient (Wildman–Crippen LogP) is 2.53. The minimum atomic E-state index is 0.0610. The lowest BCUT2D eigenvalue weighted by atomic mass is 9.83. The van der Waals surface area contributed by atoms with E-state index in [1.165, 1.54) is 6.42 Å². The average Bonchev–Trinajstić information content (AvgIpc) is 2.92. The maximum Gasteiger partial charge on any atom is 0.224 e. The molecular formula is C18H26N4O. The molecule has 23 heavy (non-hydrogen) atoms.